The lowest BCUT2D eigenvalue weighted by atomic mass is 10.0. The smallest absolute Gasteiger partial charge is 0.462 e. The van der Waals surface area contributed by atoms with Crippen molar-refractivity contribution in [2.45, 2.75) is 368 Å². The van der Waals surface area contributed by atoms with E-state index >= 15 is 0 Å². The first kappa shape index (κ1) is 93.0. The van der Waals surface area contributed by atoms with Crippen LogP contribution in [-0.4, -0.2) is 96.7 Å². The number of phosphoric ester groups is 2. The number of aliphatic hydroxyl groups is 1. The molecule has 0 aliphatic heterocycles. The van der Waals surface area contributed by atoms with Gasteiger partial charge in [-0.05, 0) is 88.9 Å². The van der Waals surface area contributed by atoms with Crippen molar-refractivity contribution in [3.05, 3.63) is 48.6 Å². The third kappa shape index (κ3) is 69.5. The Balaban J connectivity index is 5.33. The molecule has 0 radical (unpaired) electrons. The van der Waals surface area contributed by atoms with E-state index in [9.17, 15) is 43.2 Å². The molecular weight excluding hydrogens is 1260 g/mol. The molecular formula is C77H142O17P2. The molecule has 0 aromatic rings. The van der Waals surface area contributed by atoms with E-state index < -0.39 is 97.5 Å². The molecule has 96 heavy (non-hydrogen) atoms. The first-order valence-corrected chi connectivity index (χ1v) is 41.6. The van der Waals surface area contributed by atoms with E-state index in [1.807, 2.05) is 0 Å². The van der Waals surface area contributed by atoms with Gasteiger partial charge >= 0.3 is 39.5 Å². The molecule has 0 aromatic heterocycles. The van der Waals surface area contributed by atoms with E-state index in [0.29, 0.717) is 25.7 Å². The van der Waals surface area contributed by atoms with Crippen LogP contribution in [0.2, 0.25) is 0 Å². The summed E-state index contributed by atoms with van der Waals surface area (Å²) in [6, 6.07) is 0. The second kappa shape index (κ2) is 67.8. The molecule has 562 valence electrons. The van der Waals surface area contributed by atoms with Crippen LogP contribution in [0.15, 0.2) is 48.6 Å². The van der Waals surface area contributed by atoms with Gasteiger partial charge in [0.05, 0.1) is 26.4 Å². The number of carbonyl (C=O) groups excluding carboxylic acids is 4. The minimum Gasteiger partial charge on any atom is -0.462 e. The quantitative estimate of drug-likeness (QED) is 0.0169. The lowest BCUT2D eigenvalue weighted by molar-refractivity contribution is -0.161. The topological polar surface area (TPSA) is 237 Å². The minimum atomic E-state index is -4.97. The number of ether oxygens (including phenoxy) is 4. The lowest BCUT2D eigenvalue weighted by Gasteiger charge is -2.21. The van der Waals surface area contributed by atoms with Gasteiger partial charge in [-0.1, -0.05) is 296 Å². The molecule has 19 heteroatoms. The SMILES string of the molecule is CCCCCC/C=C\C=C/CCCCCCCC(=O)OC[C@H](COP(=O)(O)OC[C@@H](O)COP(=O)(O)OC[C@@H](COC(=O)CCCCCCCCCCC(C)C)OC(=O)CCCCCCCCCCCCCCC(C)C)OC(=O)CCCCCCC/C=C\C=C/CCCCCC. The summed E-state index contributed by atoms with van der Waals surface area (Å²) in [5, 5.41) is 10.6. The highest BCUT2D eigenvalue weighted by Crippen LogP contribution is 2.45. The lowest BCUT2D eigenvalue weighted by Crippen LogP contribution is -2.30. The number of hydrogen-bond donors (Lipinski definition) is 3. The standard InChI is InChI=1S/C77H142O17P2/c1-7-9-11-13-15-17-19-21-23-25-30-34-41-47-53-59-74(79)87-65-72(93-76(81)61-55-49-43-35-31-26-24-22-20-18-16-14-12-10-8-2)67-91-95(83,84)89-63-71(78)64-90-96(85,86)92-68-73(66-88-75(80)60-54-48-42-38-37-40-46-52-58-70(5)6)94-77(82)62-56-50-44-36-32-28-27-29-33-39-45-51-57-69(3)4/h17-24,69-73,78H,7-16,25-68H2,1-6H3,(H,83,84)(H,85,86)/b19-17-,20-18-,23-21-,24-22-/t71-,72-,73-/m1/s1. The van der Waals surface area contributed by atoms with Crippen LogP contribution >= 0.6 is 15.6 Å². The first-order chi connectivity index (χ1) is 46.4. The number of carbonyl (C=O) groups is 4. The van der Waals surface area contributed by atoms with Gasteiger partial charge in [-0.3, -0.25) is 37.3 Å². The van der Waals surface area contributed by atoms with E-state index in [4.69, 9.17) is 37.0 Å². The van der Waals surface area contributed by atoms with Crippen molar-refractivity contribution in [3.63, 3.8) is 0 Å². The molecule has 0 saturated carbocycles. The molecule has 0 aliphatic carbocycles. The van der Waals surface area contributed by atoms with E-state index in [1.165, 1.54) is 135 Å². The van der Waals surface area contributed by atoms with Crippen LogP contribution in [-0.2, 0) is 65.4 Å². The molecule has 17 nitrogen and oxygen atoms in total. The summed E-state index contributed by atoms with van der Waals surface area (Å²) < 4.78 is 68.5. The van der Waals surface area contributed by atoms with Gasteiger partial charge in [0.15, 0.2) is 12.2 Å². The van der Waals surface area contributed by atoms with Gasteiger partial charge in [-0.2, -0.15) is 0 Å². The Bertz CT molecular complexity index is 2040. The van der Waals surface area contributed by atoms with E-state index in [0.717, 1.165) is 134 Å². The van der Waals surface area contributed by atoms with Crippen molar-refractivity contribution in [1.82, 2.24) is 0 Å². The number of unbranched alkanes of at least 4 members (excludes halogenated alkanes) is 36. The second-order valence-electron chi connectivity index (χ2n) is 27.3. The zero-order valence-electron chi connectivity index (χ0n) is 61.6. The van der Waals surface area contributed by atoms with Gasteiger partial charge in [-0.25, -0.2) is 9.13 Å². The average Bonchev–Trinajstić information content (AvgIpc) is 1.13. The third-order valence-electron chi connectivity index (χ3n) is 16.7. The fourth-order valence-electron chi connectivity index (χ4n) is 10.7. The van der Waals surface area contributed by atoms with Gasteiger partial charge in [0.25, 0.3) is 0 Å². The summed E-state index contributed by atoms with van der Waals surface area (Å²) in [6.07, 6.45) is 61.2. The number of rotatable bonds is 72. The van der Waals surface area contributed by atoms with Crippen molar-refractivity contribution < 1.29 is 80.2 Å². The maximum Gasteiger partial charge on any atom is 0.472 e. The highest BCUT2D eigenvalue weighted by atomic mass is 31.2. The second-order valence-corrected chi connectivity index (χ2v) is 30.2. The van der Waals surface area contributed by atoms with Gasteiger partial charge < -0.3 is 33.8 Å². The molecule has 5 atom stereocenters. The number of esters is 4. The first-order valence-electron chi connectivity index (χ1n) is 38.6. The van der Waals surface area contributed by atoms with Crippen LogP contribution in [0.5, 0.6) is 0 Å². The van der Waals surface area contributed by atoms with Crippen molar-refractivity contribution >= 4 is 39.5 Å². The Morgan fingerprint density at radius 3 is 0.844 bits per heavy atom. The monoisotopic (exact) mass is 1400 g/mol. The zero-order chi connectivity index (χ0) is 70.7. The van der Waals surface area contributed by atoms with E-state index in [1.54, 1.807) is 0 Å². The molecule has 0 bridgehead atoms. The molecule has 0 saturated heterocycles. The molecule has 0 fully saturated rings. The van der Waals surface area contributed by atoms with Crippen LogP contribution < -0.4 is 0 Å². The van der Waals surface area contributed by atoms with Crippen molar-refractivity contribution in [2.24, 2.45) is 11.8 Å². The maximum atomic E-state index is 13.1. The molecule has 0 spiro atoms. The largest absolute Gasteiger partial charge is 0.472 e. The van der Waals surface area contributed by atoms with E-state index in [2.05, 4.69) is 90.2 Å². The molecule has 0 heterocycles. The Morgan fingerprint density at radius 2 is 0.562 bits per heavy atom. The summed E-state index contributed by atoms with van der Waals surface area (Å²) in [6.45, 7) is 9.44. The Hall–Kier alpha value is -2.98. The molecule has 3 N–H and O–H groups in total. The zero-order valence-corrected chi connectivity index (χ0v) is 63.4. The van der Waals surface area contributed by atoms with Gasteiger partial charge in [-0.15, -0.1) is 0 Å². The highest BCUT2D eigenvalue weighted by Gasteiger charge is 2.30. The van der Waals surface area contributed by atoms with Crippen LogP contribution in [0, 0.1) is 11.8 Å². The minimum absolute atomic E-state index is 0.0780. The molecule has 0 rings (SSSR count). The summed E-state index contributed by atoms with van der Waals surface area (Å²) in [7, 11) is -9.94. The van der Waals surface area contributed by atoms with Crippen LogP contribution in [0.25, 0.3) is 0 Å². The molecule has 2 unspecified atom stereocenters. The maximum absolute atomic E-state index is 13.1. The third-order valence-corrected chi connectivity index (χ3v) is 18.6. The predicted molar refractivity (Wildman–Crippen MR) is 390 cm³/mol. The van der Waals surface area contributed by atoms with Crippen LogP contribution in [0.4, 0.5) is 0 Å². The van der Waals surface area contributed by atoms with Gasteiger partial charge in [0.1, 0.15) is 19.3 Å². The summed E-state index contributed by atoms with van der Waals surface area (Å²) in [5.74, 6) is -0.679. The summed E-state index contributed by atoms with van der Waals surface area (Å²) >= 11 is 0. The van der Waals surface area contributed by atoms with Gasteiger partial charge in [0, 0.05) is 25.7 Å². The Morgan fingerprint density at radius 1 is 0.323 bits per heavy atom. The predicted octanol–water partition coefficient (Wildman–Crippen LogP) is 21.8. The summed E-state index contributed by atoms with van der Waals surface area (Å²) in [4.78, 5) is 72.8. The molecule has 0 aromatic carbocycles. The summed E-state index contributed by atoms with van der Waals surface area (Å²) in [5.41, 5.74) is 0. The Labute approximate surface area is 585 Å². The van der Waals surface area contributed by atoms with Crippen LogP contribution in [0.1, 0.15) is 350 Å². The molecule has 0 aliphatic rings. The van der Waals surface area contributed by atoms with Crippen molar-refractivity contribution in [2.75, 3.05) is 39.6 Å². The number of hydrogen-bond acceptors (Lipinski definition) is 15. The van der Waals surface area contributed by atoms with E-state index in [-0.39, 0.29) is 25.7 Å². The normalized spacial score (nSPS) is 14.3. The van der Waals surface area contributed by atoms with Crippen molar-refractivity contribution in [3.8, 4) is 0 Å². The Kier molecular flexibility index (Phi) is 65.7. The fourth-order valence-corrected chi connectivity index (χ4v) is 12.3. The van der Waals surface area contributed by atoms with Crippen LogP contribution in [0.3, 0.4) is 0 Å². The van der Waals surface area contributed by atoms with Crippen molar-refractivity contribution in [1.29, 1.82) is 0 Å². The highest BCUT2D eigenvalue weighted by molar-refractivity contribution is 7.47. The fraction of sp³-hybridized carbons (Fsp3) is 0.844. The number of aliphatic hydroxyl groups excluding tert-OH is 1. The molecule has 0 amide bonds. The average molecular weight is 1400 g/mol. The number of phosphoric acid groups is 2. The number of allylic oxidation sites excluding steroid dienone is 8. The van der Waals surface area contributed by atoms with Gasteiger partial charge in [0.2, 0.25) is 0 Å².